The lowest BCUT2D eigenvalue weighted by atomic mass is 10.0. The van der Waals surface area contributed by atoms with Gasteiger partial charge in [0.25, 0.3) is 0 Å². The Labute approximate surface area is 199 Å². The molecule has 4 amide bonds. The van der Waals surface area contributed by atoms with Crippen LogP contribution in [-0.4, -0.2) is 60.0 Å². The van der Waals surface area contributed by atoms with Crippen molar-refractivity contribution in [3.63, 3.8) is 0 Å². The molecule has 33 heavy (non-hydrogen) atoms. The monoisotopic (exact) mass is 480 g/mol. The smallest absolute Gasteiger partial charge is 0.243 e. The maximum absolute atomic E-state index is 12.5. The number of hydrogen-bond donors (Lipinski definition) is 4. The van der Waals surface area contributed by atoms with Gasteiger partial charge in [0, 0.05) is 13.3 Å². The van der Waals surface area contributed by atoms with Crippen LogP contribution in [0.4, 0.5) is 0 Å². The van der Waals surface area contributed by atoms with E-state index in [0.717, 1.165) is 5.56 Å². The molecule has 1 rings (SSSR count). The topological polar surface area (TPSA) is 133 Å². The Hall–Kier alpha value is -2.94. The molecule has 0 fully saturated rings. The standard InChI is InChI=1S/C23H33ClN4O5/c1-14(2)10-18(20(30)12-24)28-22(32)15(3)26-21(31)13-25-23(33)19(27-16(4)29)11-17-8-6-5-7-9-17/h5-9,14-15,18-19H,10-13H2,1-4H3,(H,25,33)(H,26,31)(H,27,29)(H,28,32)/t15-,18-,19-/m0/s1. The van der Waals surface area contributed by atoms with Crippen LogP contribution in [-0.2, 0) is 30.4 Å². The maximum atomic E-state index is 12.5. The molecule has 0 aliphatic carbocycles. The van der Waals surface area contributed by atoms with E-state index < -0.39 is 35.8 Å². The summed E-state index contributed by atoms with van der Waals surface area (Å²) in [7, 11) is 0. The van der Waals surface area contributed by atoms with Crippen LogP contribution in [0.25, 0.3) is 0 Å². The van der Waals surface area contributed by atoms with E-state index in [0.29, 0.717) is 6.42 Å². The predicted octanol–water partition coefficient (Wildman–Crippen LogP) is 0.694. The van der Waals surface area contributed by atoms with Gasteiger partial charge in [-0.25, -0.2) is 0 Å². The van der Waals surface area contributed by atoms with Crippen molar-refractivity contribution in [2.45, 2.75) is 58.7 Å². The second-order valence-electron chi connectivity index (χ2n) is 8.24. The van der Waals surface area contributed by atoms with Gasteiger partial charge in [0.1, 0.15) is 12.1 Å². The van der Waals surface area contributed by atoms with E-state index in [1.807, 2.05) is 44.2 Å². The highest BCUT2D eigenvalue weighted by molar-refractivity contribution is 6.28. The van der Waals surface area contributed by atoms with Gasteiger partial charge in [-0.05, 0) is 24.8 Å². The summed E-state index contributed by atoms with van der Waals surface area (Å²) in [4.78, 5) is 60.6. The Kier molecular flexibility index (Phi) is 12.1. The molecule has 182 valence electrons. The van der Waals surface area contributed by atoms with Gasteiger partial charge in [0.2, 0.25) is 23.6 Å². The Morgan fingerprint density at radius 1 is 0.879 bits per heavy atom. The molecule has 0 radical (unpaired) electrons. The Bertz CT molecular complexity index is 831. The van der Waals surface area contributed by atoms with Crippen LogP contribution >= 0.6 is 11.6 Å². The van der Waals surface area contributed by atoms with E-state index in [4.69, 9.17) is 11.6 Å². The fourth-order valence-corrected chi connectivity index (χ4v) is 3.27. The van der Waals surface area contributed by atoms with Crippen molar-refractivity contribution in [3.8, 4) is 0 Å². The molecule has 0 spiro atoms. The summed E-state index contributed by atoms with van der Waals surface area (Å²) in [6.45, 7) is 6.24. The molecule has 0 aromatic heterocycles. The zero-order valence-corrected chi connectivity index (χ0v) is 20.2. The highest BCUT2D eigenvalue weighted by atomic mass is 35.5. The number of benzene rings is 1. The van der Waals surface area contributed by atoms with Crippen molar-refractivity contribution in [2.24, 2.45) is 5.92 Å². The second kappa shape index (κ2) is 14.3. The first-order valence-electron chi connectivity index (χ1n) is 10.8. The molecule has 0 saturated carbocycles. The van der Waals surface area contributed by atoms with Crippen LogP contribution in [0, 0.1) is 5.92 Å². The van der Waals surface area contributed by atoms with Crippen molar-refractivity contribution in [2.75, 3.05) is 12.4 Å². The Balaban J connectivity index is 2.61. The average molecular weight is 481 g/mol. The number of halogens is 1. The zero-order chi connectivity index (χ0) is 25.0. The van der Waals surface area contributed by atoms with Crippen molar-refractivity contribution in [3.05, 3.63) is 35.9 Å². The van der Waals surface area contributed by atoms with Crippen LogP contribution < -0.4 is 21.3 Å². The number of carbonyl (C=O) groups is 5. The molecule has 1 aromatic carbocycles. The number of carbonyl (C=O) groups excluding carboxylic acids is 5. The van der Waals surface area contributed by atoms with E-state index in [9.17, 15) is 24.0 Å². The molecule has 3 atom stereocenters. The SMILES string of the molecule is CC(=O)N[C@@H](Cc1ccccc1)C(=O)NCC(=O)N[C@@H](C)C(=O)N[C@@H](CC(C)C)C(=O)CCl. The first-order chi connectivity index (χ1) is 15.5. The van der Waals surface area contributed by atoms with E-state index in [1.165, 1.54) is 13.8 Å². The number of nitrogens with one attached hydrogen (secondary N) is 4. The third-order valence-corrected chi connectivity index (χ3v) is 4.98. The summed E-state index contributed by atoms with van der Waals surface area (Å²) < 4.78 is 0. The van der Waals surface area contributed by atoms with Gasteiger partial charge in [0.15, 0.2) is 5.78 Å². The van der Waals surface area contributed by atoms with Gasteiger partial charge >= 0.3 is 0 Å². The van der Waals surface area contributed by atoms with Gasteiger partial charge in [-0.1, -0.05) is 44.2 Å². The lowest BCUT2D eigenvalue weighted by Gasteiger charge is -2.22. The molecular formula is C23H33ClN4O5. The minimum atomic E-state index is -0.928. The number of hydrogen-bond acceptors (Lipinski definition) is 5. The third kappa shape index (κ3) is 11.0. The Morgan fingerprint density at radius 2 is 1.52 bits per heavy atom. The molecule has 9 nitrogen and oxygen atoms in total. The molecule has 0 aliphatic heterocycles. The molecule has 0 aliphatic rings. The summed E-state index contributed by atoms with van der Waals surface area (Å²) in [6, 6.07) is 6.64. The van der Waals surface area contributed by atoms with Gasteiger partial charge < -0.3 is 21.3 Å². The highest BCUT2D eigenvalue weighted by Crippen LogP contribution is 2.07. The van der Waals surface area contributed by atoms with Crippen LogP contribution in [0.5, 0.6) is 0 Å². The van der Waals surface area contributed by atoms with Crippen molar-refractivity contribution in [1.29, 1.82) is 0 Å². The van der Waals surface area contributed by atoms with Crippen molar-refractivity contribution in [1.82, 2.24) is 21.3 Å². The van der Waals surface area contributed by atoms with Crippen LogP contribution in [0.15, 0.2) is 30.3 Å². The minimum Gasteiger partial charge on any atom is -0.345 e. The molecule has 0 unspecified atom stereocenters. The van der Waals surface area contributed by atoms with Gasteiger partial charge in [-0.15, -0.1) is 11.6 Å². The van der Waals surface area contributed by atoms with E-state index in [2.05, 4.69) is 21.3 Å². The van der Waals surface area contributed by atoms with Gasteiger partial charge in [0.05, 0.1) is 18.5 Å². The van der Waals surface area contributed by atoms with Gasteiger partial charge in [-0.3, -0.25) is 24.0 Å². The maximum Gasteiger partial charge on any atom is 0.243 e. The molecule has 4 N–H and O–H groups in total. The zero-order valence-electron chi connectivity index (χ0n) is 19.4. The number of alkyl halides is 1. The number of Topliss-reactive ketones (excluding diaryl/α,β-unsaturated/α-hetero) is 1. The lowest BCUT2D eigenvalue weighted by molar-refractivity contribution is -0.132. The van der Waals surface area contributed by atoms with E-state index in [1.54, 1.807) is 0 Å². The fraction of sp³-hybridized carbons (Fsp3) is 0.522. The summed E-state index contributed by atoms with van der Waals surface area (Å²) in [5.74, 6) is -2.37. The lowest BCUT2D eigenvalue weighted by Crippen LogP contribution is -2.53. The van der Waals surface area contributed by atoms with Crippen LogP contribution in [0.1, 0.15) is 39.7 Å². The van der Waals surface area contributed by atoms with Crippen molar-refractivity contribution >= 4 is 41.0 Å². The largest absolute Gasteiger partial charge is 0.345 e. The molecule has 0 saturated heterocycles. The quantitative estimate of drug-likeness (QED) is 0.308. The average Bonchev–Trinajstić information content (AvgIpc) is 2.75. The Morgan fingerprint density at radius 3 is 2.06 bits per heavy atom. The first kappa shape index (κ1) is 28.1. The highest BCUT2D eigenvalue weighted by Gasteiger charge is 2.25. The van der Waals surface area contributed by atoms with Crippen molar-refractivity contribution < 1.29 is 24.0 Å². The summed E-state index contributed by atoms with van der Waals surface area (Å²) >= 11 is 5.62. The minimum absolute atomic E-state index is 0.162. The summed E-state index contributed by atoms with van der Waals surface area (Å²) in [5, 5.41) is 10.1. The molecule has 0 bridgehead atoms. The molecule has 10 heteroatoms. The normalized spacial score (nSPS) is 13.4. The molecule has 0 heterocycles. The fourth-order valence-electron chi connectivity index (χ4n) is 3.09. The second-order valence-corrected chi connectivity index (χ2v) is 8.51. The summed E-state index contributed by atoms with van der Waals surface area (Å²) in [5.41, 5.74) is 0.851. The first-order valence-corrected chi connectivity index (χ1v) is 11.3. The van der Waals surface area contributed by atoms with E-state index >= 15 is 0 Å². The molecule has 1 aromatic rings. The van der Waals surface area contributed by atoms with E-state index in [-0.39, 0.29) is 36.5 Å². The van der Waals surface area contributed by atoms with Crippen LogP contribution in [0.2, 0.25) is 0 Å². The predicted molar refractivity (Wildman–Crippen MR) is 125 cm³/mol. The summed E-state index contributed by atoms with van der Waals surface area (Å²) in [6.07, 6.45) is 0.693. The molecular weight excluding hydrogens is 448 g/mol. The number of ketones is 1. The number of rotatable bonds is 13. The third-order valence-electron chi connectivity index (χ3n) is 4.71. The number of amides is 4. The van der Waals surface area contributed by atoms with Gasteiger partial charge in [-0.2, -0.15) is 0 Å². The van der Waals surface area contributed by atoms with Crippen LogP contribution in [0.3, 0.4) is 0 Å².